The fraction of sp³-hybridized carbons (Fsp3) is 0.571. The van der Waals surface area contributed by atoms with Crippen LogP contribution in [-0.2, 0) is 10.0 Å². The van der Waals surface area contributed by atoms with Crippen LogP contribution in [0.2, 0.25) is 0 Å². The number of hydrogen-bond acceptors (Lipinski definition) is 3. The second-order valence-electron chi connectivity index (χ2n) is 5.62. The van der Waals surface area contributed by atoms with Gasteiger partial charge in [0.1, 0.15) is 0 Å². The number of aryl methyl sites for hydroxylation is 2. The van der Waals surface area contributed by atoms with Crippen LogP contribution >= 0.6 is 0 Å². The largest absolute Gasteiger partial charge is 0.326 e. The first kappa shape index (κ1) is 14.5. The molecule has 1 heterocycles. The number of nitrogens with zero attached hydrogens (tertiary/aromatic N) is 1. The van der Waals surface area contributed by atoms with E-state index in [4.69, 9.17) is 5.73 Å². The first-order valence-electron chi connectivity index (χ1n) is 6.65. The third-order valence-corrected chi connectivity index (χ3v) is 5.66. The molecule has 1 fully saturated rings. The van der Waals surface area contributed by atoms with E-state index in [2.05, 4.69) is 6.92 Å². The Morgan fingerprint density at radius 2 is 1.79 bits per heavy atom. The molecule has 2 rings (SSSR count). The maximum Gasteiger partial charge on any atom is 0.243 e. The number of sulfonamides is 1. The predicted octanol–water partition coefficient (Wildman–Crippen LogP) is 1.66. The zero-order valence-corrected chi connectivity index (χ0v) is 12.6. The fourth-order valence-corrected chi connectivity index (χ4v) is 4.20. The SMILES string of the molecule is Cc1cc(C)cc(S(=O)(=O)N2CCC(C)C(N)C2)c1. The lowest BCUT2D eigenvalue weighted by Gasteiger charge is -2.34. The van der Waals surface area contributed by atoms with Crippen LogP contribution in [0.5, 0.6) is 0 Å². The molecule has 0 bridgehead atoms. The summed E-state index contributed by atoms with van der Waals surface area (Å²) < 4.78 is 26.7. The number of nitrogens with two attached hydrogens (primary N) is 1. The monoisotopic (exact) mass is 282 g/mol. The van der Waals surface area contributed by atoms with Crippen LogP contribution in [0.15, 0.2) is 23.1 Å². The van der Waals surface area contributed by atoms with Crippen molar-refractivity contribution in [1.29, 1.82) is 0 Å². The van der Waals surface area contributed by atoms with Crippen LogP contribution < -0.4 is 5.73 Å². The highest BCUT2D eigenvalue weighted by Gasteiger charge is 2.32. The Morgan fingerprint density at radius 1 is 1.21 bits per heavy atom. The molecule has 2 N–H and O–H groups in total. The van der Waals surface area contributed by atoms with Gasteiger partial charge in [-0.15, -0.1) is 0 Å². The molecule has 4 nitrogen and oxygen atoms in total. The molecule has 0 radical (unpaired) electrons. The summed E-state index contributed by atoms with van der Waals surface area (Å²) in [4.78, 5) is 0.381. The lowest BCUT2D eigenvalue weighted by Crippen LogP contribution is -2.49. The minimum atomic E-state index is -3.41. The van der Waals surface area contributed by atoms with E-state index in [1.54, 1.807) is 12.1 Å². The van der Waals surface area contributed by atoms with Gasteiger partial charge < -0.3 is 5.73 Å². The fourth-order valence-electron chi connectivity index (χ4n) is 2.52. The zero-order chi connectivity index (χ0) is 14.2. The van der Waals surface area contributed by atoms with Crippen molar-refractivity contribution in [2.45, 2.75) is 38.1 Å². The highest BCUT2D eigenvalue weighted by atomic mass is 32.2. The molecule has 19 heavy (non-hydrogen) atoms. The lowest BCUT2D eigenvalue weighted by atomic mass is 9.96. The topological polar surface area (TPSA) is 63.4 Å². The van der Waals surface area contributed by atoms with Gasteiger partial charge in [0.25, 0.3) is 0 Å². The van der Waals surface area contributed by atoms with E-state index in [9.17, 15) is 8.42 Å². The highest BCUT2D eigenvalue weighted by molar-refractivity contribution is 7.89. The molecule has 0 spiro atoms. The van der Waals surface area contributed by atoms with Gasteiger partial charge in [0.05, 0.1) is 4.90 Å². The van der Waals surface area contributed by atoms with Crippen molar-refractivity contribution in [2.75, 3.05) is 13.1 Å². The van der Waals surface area contributed by atoms with Gasteiger partial charge in [-0.05, 0) is 49.4 Å². The molecule has 0 amide bonds. The molecule has 1 aliphatic heterocycles. The summed E-state index contributed by atoms with van der Waals surface area (Å²) in [6.45, 7) is 6.87. The van der Waals surface area contributed by atoms with Crippen LogP contribution in [0, 0.1) is 19.8 Å². The molecular formula is C14H22N2O2S. The number of rotatable bonds is 2. The van der Waals surface area contributed by atoms with Crippen molar-refractivity contribution in [3.05, 3.63) is 29.3 Å². The normalized spacial score (nSPS) is 25.5. The first-order valence-corrected chi connectivity index (χ1v) is 8.09. The highest BCUT2D eigenvalue weighted by Crippen LogP contribution is 2.24. The maximum absolute atomic E-state index is 12.6. The van der Waals surface area contributed by atoms with Gasteiger partial charge in [-0.2, -0.15) is 4.31 Å². The molecule has 1 aromatic carbocycles. The van der Waals surface area contributed by atoms with Crippen LogP contribution in [0.4, 0.5) is 0 Å². The lowest BCUT2D eigenvalue weighted by molar-refractivity contribution is 0.253. The van der Waals surface area contributed by atoms with Crippen LogP contribution in [-0.4, -0.2) is 31.9 Å². The summed E-state index contributed by atoms with van der Waals surface area (Å²) in [7, 11) is -3.41. The number of benzene rings is 1. The predicted molar refractivity (Wildman–Crippen MR) is 76.4 cm³/mol. The molecule has 5 heteroatoms. The molecule has 106 valence electrons. The van der Waals surface area contributed by atoms with Crippen molar-refractivity contribution in [1.82, 2.24) is 4.31 Å². The molecule has 0 saturated carbocycles. The van der Waals surface area contributed by atoms with E-state index < -0.39 is 10.0 Å². The van der Waals surface area contributed by atoms with Gasteiger partial charge in [-0.1, -0.05) is 13.0 Å². The van der Waals surface area contributed by atoms with E-state index in [1.165, 1.54) is 4.31 Å². The van der Waals surface area contributed by atoms with Crippen molar-refractivity contribution in [2.24, 2.45) is 11.7 Å². The van der Waals surface area contributed by atoms with Gasteiger partial charge in [0.2, 0.25) is 10.0 Å². The summed E-state index contributed by atoms with van der Waals surface area (Å²) in [5.74, 6) is 0.380. The molecule has 1 aliphatic rings. The molecule has 0 aromatic heterocycles. The first-order chi connectivity index (χ1) is 8.80. The summed E-state index contributed by atoms with van der Waals surface area (Å²) in [6, 6.07) is 5.36. The Kier molecular flexibility index (Phi) is 3.99. The number of hydrogen-bond donors (Lipinski definition) is 1. The van der Waals surface area contributed by atoms with E-state index in [-0.39, 0.29) is 6.04 Å². The van der Waals surface area contributed by atoms with Crippen molar-refractivity contribution in [3.8, 4) is 0 Å². The third kappa shape index (κ3) is 2.99. The molecular weight excluding hydrogens is 260 g/mol. The summed E-state index contributed by atoms with van der Waals surface area (Å²) in [5.41, 5.74) is 7.93. The van der Waals surface area contributed by atoms with Crippen LogP contribution in [0.3, 0.4) is 0 Å². The minimum Gasteiger partial charge on any atom is -0.326 e. The quantitative estimate of drug-likeness (QED) is 0.897. The molecule has 2 atom stereocenters. The van der Waals surface area contributed by atoms with Gasteiger partial charge >= 0.3 is 0 Å². The summed E-state index contributed by atoms with van der Waals surface area (Å²) >= 11 is 0. The van der Waals surface area contributed by atoms with Crippen LogP contribution in [0.1, 0.15) is 24.5 Å². The van der Waals surface area contributed by atoms with Crippen molar-refractivity contribution in [3.63, 3.8) is 0 Å². The van der Waals surface area contributed by atoms with E-state index in [1.807, 2.05) is 19.9 Å². The summed E-state index contributed by atoms with van der Waals surface area (Å²) in [5, 5.41) is 0. The Balaban J connectivity index is 2.32. The Hall–Kier alpha value is -0.910. The molecule has 0 aliphatic carbocycles. The third-order valence-electron chi connectivity index (χ3n) is 3.81. The number of piperidine rings is 1. The molecule has 2 unspecified atom stereocenters. The van der Waals surface area contributed by atoms with Crippen molar-refractivity contribution >= 4 is 10.0 Å². The Bertz CT molecular complexity index is 549. The molecule has 1 saturated heterocycles. The van der Waals surface area contributed by atoms with E-state index in [0.29, 0.717) is 23.9 Å². The maximum atomic E-state index is 12.6. The average Bonchev–Trinajstić information content (AvgIpc) is 2.31. The van der Waals surface area contributed by atoms with Gasteiger partial charge in [-0.25, -0.2) is 8.42 Å². The van der Waals surface area contributed by atoms with E-state index >= 15 is 0 Å². The summed E-state index contributed by atoms with van der Waals surface area (Å²) in [6.07, 6.45) is 0.825. The zero-order valence-electron chi connectivity index (χ0n) is 11.8. The van der Waals surface area contributed by atoms with Gasteiger partial charge in [-0.3, -0.25) is 0 Å². The van der Waals surface area contributed by atoms with E-state index in [0.717, 1.165) is 17.5 Å². The van der Waals surface area contributed by atoms with Gasteiger partial charge in [0, 0.05) is 19.1 Å². The van der Waals surface area contributed by atoms with Gasteiger partial charge in [0.15, 0.2) is 0 Å². The van der Waals surface area contributed by atoms with Crippen LogP contribution in [0.25, 0.3) is 0 Å². The second-order valence-corrected chi connectivity index (χ2v) is 7.55. The Labute approximate surface area is 115 Å². The Morgan fingerprint density at radius 3 is 2.32 bits per heavy atom. The standard InChI is InChI=1S/C14H22N2O2S/c1-10-6-11(2)8-13(7-10)19(17,18)16-5-4-12(3)14(15)9-16/h6-8,12,14H,4-5,9,15H2,1-3H3. The second kappa shape index (κ2) is 5.23. The van der Waals surface area contributed by atoms with Crippen molar-refractivity contribution < 1.29 is 8.42 Å². The average molecular weight is 282 g/mol. The minimum absolute atomic E-state index is 0.0746. The smallest absolute Gasteiger partial charge is 0.243 e. The molecule has 1 aromatic rings.